The zero-order valence-corrected chi connectivity index (χ0v) is 10.1. The van der Waals surface area contributed by atoms with E-state index in [2.05, 4.69) is 10.2 Å². The molecule has 3 nitrogen and oxygen atoms in total. The molecule has 17 heavy (non-hydrogen) atoms. The van der Waals surface area contributed by atoms with Gasteiger partial charge in [0.25, 0.3) is 5.91 Å². The number of benzene rings is 1. The van der Waals surface area contributed by atoms with Crippen LogP contribution in [-0.2, 0) is 0 Å². The Labute approximate surface area is 102 Å². The number of likely N-dealkylation sites (tertiary alicyclic amines) is 1. The van der Waals surface area contributed by atoms with Gasteiger partial charge in [0.2, 0.25) is 0 Å². The second-order valence-corrected chi connectivity index (χ2v) is 5.09. The van der Waals surface area contributed by atoms with Crippen LogP contribution in [0.5, 0.6) is 0 Å². The molecular formula is C14H18N2O. The van der Waals surface area contributed by atoms with Crippen molar-refractivity contribution in [3.8, 4) is 0 Å². The van der Waals surface area contributed by atoms with E-state index in [4.69, 9.17) is 0 Å². The summed E-state index contributed by atoms with van der Waals surface area (Å²) >= 11 is 0. The molecule has 0 unspecified atom stereocenters. The minimum atomic E-state index is 0.208. The summed E-state index contributed by atoms with van der Waals surface area (Å²) in [7, 11) is 0. The van der Waals surface area contributed by atoms with Crippen LogP contribution in [0.1, 0.15) is 22.3 Å². The van der Waals surface area contributed by atoms with Crippen LogP contribution >= 0.6 is 0 Å². The topological polar surface area (TPSA) is 32.3 Å². The Morgan fingerprint density at radius 1 is 1.35 bits per heavy atom. The minimum Gasteiger partial charge on any atom is -0.334 e. The molecule has 2 aliphatic heterocycles. The smallest absolute Gasteiger partial charge is 0.254 e. The summed E-state index contributed by atoms with van der Waals surface area (Å²) in [5, 5.41) is 3.38. The fourth-order valence-electron chi connectivity index (χ4n) is 3.07. The van der Waals surface area contributed by atoms with Crippen molar-refractivity contribution < 1.29 is 4.79 Å². The van der Waals surface area contributed by atoms with Gasteiger partial charge in [-0.3, -0.25) is 4.79 Å². The maximum atomic E-state index is 12.5. The number of amides is 1. The van der Waals surface area contributed by atoms with Crippen LogP contribution in [0, 0.1) is 12.8 Å². The monoisotopic (exact) mass is 230 g/mol. The Morgan fingerprint density at radius 2 is 2.18 bits per heavy atom. The van der Waals surface area contributed by atoms with Crippen LogP contribution < -0.4 is 5.32 Å². The first kappa shape index (κ1) is 10.8. The average molecular weight is 230 g/mol. The van der Waals surface area contributed by atoms with Gasteiger partial charge in [-0.1, -0.05) is 18.2 Å². The predicted octanol–water partition coefficient (Wildman–Crippen LogP) is 1.43. The van der Waals surface area contributed by atoms with Gasteiger partial charge >= 0.3 is 0 Å². The van der Waals surface area contributed by atoms with E-state index in [1.807, 2.05) is 31.2 Å². The molecule has 2 aliphatic rings. The third-order valence-corrected chi connectivity index (χ3v) is 4.08. The van der Waals surface area contributed by atoms with Gasteiger partial charge in [0.05, 0.1) is 0 Å². The maximum Gasteiger partial charge on any atom is 0.254 e. The second kappa shape index (κ2) is 4.15. The van der Waals surface area contributed by atoms with E-state index >= 15 is 0 Å². The van der Waals surface area contributed by atoms with Gasteiger partial charge in [-0.05, 0) is 30.9 Å². The first-order valence-corrected chi connectivity index (χ1v) is 6.34. The van der Waals surface area contributed by atoms with Crippen molar-refractivity contribution in [2.45, 2.75) is 19.4 Å². The maximum absolute atomic E-state index is 12.5. The molecule has 2 saturated heterocycles. The summed E-state index contributed by atoms with van der Waals surface area (Å²) in [6, 6.07) is 8.29. The number of aryl methyl sites for hydroxylation is 1. The molecule has 3 heteroatoms. The quantitative estimate of drug-likeness (QED) is 0.791. The van der Waals surface area contributed by atoms with Crippen LogP contribution in [0.25, 0.3) is 0 Å². The van der Waals surface area contributed by atoms with E-state index in [0.717, 1.165) is 37.2 Å². The van der Waals surface area contributed by atoms with Gasteiger partial charge in [-0.15, -0.1) is 0 Å². The molecule has 1 aromatic rings. The number of nitrogens with one attached hydrogen (secondary N) is 1. The fraction of sp³-hybridized carbons (Fsp3) is 0.500. The van der Waals surface area contributed by atoms with Gasteiger partial charge in [-0.2, -0.15) is 0 Å². The Kier molecular flexibility index (Phi) is 2.63. The fourth-order valence-corrected chi connectivity index (χ4v) is 3.07. The summed E-state index contributed by atoms with van der Waals surface area (Å²) < 4.78 is 0. The number of carbonyl (C=O) groups excluding carboxylic acids is 1. The molecule has 1 N–H and O–H groups in total. The summed E-state index contributed by atoms with van der Waals surface area (Å²) in [6.45, 7) is 4.96. The second-order valence-electron chi connectivity index (χ2n) is 5.09. The molecule has 0 bridgehead atoms. The normalized spacial score (nSPS) is 27.2. The van der Waals surface area contributed by atoms with Gasteiger partial charge in [-0.25, -0.2) is 0 Å². The lowest BCUT2D eigenvalue weighted by molar-refractivity contribution is 0.0736. The van der Waals surface area contributed by atoms with Gasteiger partial charge in [0, 0.05) is 31.2 Å². The summed E-state index contributed by atoms with van der Waals surface area (Å²) in [5.41, 5.74) is 1.94. The number of nitrogens with zero attached hydrogens (tertiary/aromatic N) is 1. The lowest BCUT2D eigenvalue weighted by Gasteiger charge is -2.24. The zero-order valence-electron chi connectivity index (χ0n) is 10.1. The number of hydrogen-bond donors (Lipinski definition) is 1. The van der Waals surface area contributed by atoms with Crippen LogP contribution in [-0.4, -0.2) is 36.5 Å². The average Bonchev–Trinajstić information content (AvgIpc) is 2.90. The number of fused-ring (bicyclic) bond motifs is 1. The van der Waals surface area contributed by atoms with E-state index in [1.165, 1.54) is 0 Å². The van der Waals surface area contributed by atoms with Gasteiger partial charge in [0.15, 0.2) is 0 Å². The molecule has 2 fully saturated rings. The Morgan fingerprint density at radius 3 is 3.00 bits per heavy atom. The Bertz CT molecular complexity index is 444. The highest BCUT2D eigenvalue weighted by molar-refractivity contribution is 5.96. The lowest BCUT2D eigenvalue weighted by atomic mass is 10.0. The lowest BCUT2D eigenvalue weighted by Crippen LogP contribution is -2.39. The number of carbonyl (C=O) groups is 1. The highest BCUT2D eigenvalue weighted by atomic mass is 16.2. The predicted molar refractivity (Wildman–Crippen MR) is 67.0 cm³/mol. The first-order chi connectivity index (χ1) is 8.27. The third kappa shape index (κ3) is 1.75. The molecular weight excluding hydrogens is 212 g/mol. The van der Waals surface area contributed by atoms with Crippen molar-refractivity contribution in [1.82, 2.24) is 10.2 Å². The largest absolute Gasteiger partial charge is 0.334 e. The molecule has 0 aliphatic carbocycles. The van der Waals surface area contributed by atoms with Crippen molar-refractivity contribution in [2.75, 3.05) is 19.6 Å². The van der Waals surface area contributed by atoms with Crippen molar-refractivity contribution in [1.29, 1.82) is 0 Å². The summed E-state index contributed by atoms with van der Waals surface area (Å²) in [4.78, 5) is 14.6. The van der Waals surface area contributed by atoms with Crippen molar-refractivity contribution in [3.05, 3.63) is 35.4 Å². The summed E-state index contributed by atoms with van der Waals surface area (Å²) in [5.74, 6) is 0.877. The van der Waals surface area contributed by atoms with E-state index in [-0.39, 0.29) is 5.91 Å². The molecule has 0 saturated carbocycles. The van der Waals surface area contributed by atoms with Crippen LogP contribution in [0.15, 0.2) is 24.3 Å². The van der Waals surface area contributed by atoms with Gasteiger partial charge in [0.1, 0.15) is 0 Å². The van der Waals surface area contributed by atoms with Crippen molar-refractivity contribution >= 4 is 5.91 Å². The Balaban J connectivity index is 1.85. The molecule has 0 aromatic heterocycles. The van der Waals surface area contributed by atoms with Crippen molar-refractivity contribution in [2.24, 2.45) is 5.92 Å². The number of rotatable bonds is 1. The molecule has 0 radical (unpaired) electrons. The number of hydrogen-bond acceptors (Lipinski definition) is 2. The van der Waals surface area contributed by atoms with Crippen LogP contribution in [0.4, 0.5) is 0 Å². The molecule has 0 spiro atoms. The minimum absolute atomic E-state index is 0.208. The molecule has 2 heterocycles. The zero-order chi connectivity index (χ0) is 11.8. The highest BCUT2D eigenvalue weighted by Crippen LogP contribution is 2.28. The Hall–Kier alpha value is -1.35. The van der Waals surface area contributed by atoms with Crippen molar-refractivity contribution in [3.63, 3.8) is 0 Å². The SMILES string of the molecule is Cc1ccccc1C(=O)N1CC[C@H]2CNC[C@H]21. The van der Waals surface area contributed by atoms with Crippen LogP contribution in [0.2, 0.25) is 0 Å². The van der Waals surface area contributed by atoms with Gasteiger partial charge < -0.3 is 10.2 Å². The summed E-state index contributed by atoms with van der Waals surface area (Å²) in [6.07, 6.45) is 1.15. The molecule has 1 amide bonds. The third-order valence-electron chi connectivity index (χ3n) is 4.08. The van der Waals surface area contributed by atoms with E-state index in [9.17, 15) is 4.79 Å². The molecule has 2 atom stereocenters. The van der Waals surface area contributed by atoms with E-state index in [0.29, 0.717) is 12.0 Å². The molecule has 90 valence electrons. The standard InChI is InChI=1S/C14H18N2O/c1-10-4-2-3-5-12(10)14(17)16-7-6-11-8-15-9-13(11)16/h2-5,11,13,15H,6-9H2,1H3/t11-,13+/m0/s1. The van der Waals surface area contributed by atoms with E-state index < -0.39 is 0 Å². The van der Waals surface area contributed by atoms with E-state index in [1.54, 1.807) is 0 Å². The first-order valence-electron chi connectivity index (χ1n) is 6.34. The highest BCUT2D eigenvalue weighted by Gasteiger charge is 2.40. The molecule has 3 rings (SSSR count). The van der Waals surface area contributed by atoms with Crippen LogP contribution in [0.3, 0.4) is 0 Å². The molecule has 1 aromatic carbocycles.